The van der Waals surface area contributed by atoms with Crippen molar-refractivity contribution >= 4 is 28.8 Å². The van der Waals surface area contributed by atoms with Gasteiger partial charge in [0.15, 0.2) is 11.5 Å². The minimum absolute atomic E-state index is 0.151. The molecule has 1 aliphatic rings. The lowest BCUT2D eigenvalue weighted by Gasteiger charge is -2.15. The second-order valence-electron chi connectivity index (χ2n) is 6.92. The Labute approximate surface area is 185 Å². The summed E-state index contributed by atoms with van der Waals surface area (Å²) >= 11 is 0. The van der Waals surface area contributed by atoms with Crippen LogP contribution in [0.4, 0.5) is 11.4 Å². The number of amides is 2. The van der Waals surface area contributed by atoms with E-state index < -0.39 is 11.8 Å². The molecule has 3 aromatic carbocycles. The highest BCUT2D eigenvalue weighted by molar-refractivity contribution is 6.46. The van der Waals surface area contributed by atoms with Gasteiger partial charge in [-0.3, -0.25) is 9.59 Å². The number of benzene rings is 3. The van der Waals surface area contributed by atoms with Gasteiger partial charge in [0.05, 0.1) is 37.1 Å². The number of para-hydroxylation sites is 1. The van der Waals surface area contributed by atoms with Gasteiger partial charge in [-0.2, -0.15) is 5.26 Å². The molecule has 1 N–H and O–H groups in total. The van der Waals surface area contributed by atoms with Crippen molar-refractivity contribution < 1.29 is 19.1 Å². The lowest BCUT2D eigenvalue weighted by molar-refractivity contribution is -0.120. The molecule has 0 bridgehead atoms. The Bertz CT molecular complexity index is 1260. The highest BCUT2D eigenvalue weighted by Gasteiger charge is 2.40. The molecule has 0 saturated carbocycles. The molecule has 32 heavy (non-hydrogen) atoms. The van der Waals surface area contributed by atoms with Crippen LogP contribution in [0, 0.1) is 11.3 Å². The van der Waals surface area contributed by atoms with Gasteiger partial charge in [-0.25, -0.2) is 4.90 Å². The van der Waals surface area contributed by atoms with Crippen molar-refractivity contribution in [3.05, 3.63) is 89.6 Å². The predicted octanol–water partition coefficient (Wildman–Crippen LogP) is 3.97. The number of carbonyl (C=O) groups excluding carboxylic acids is 2. The highest BCUT2D eigenvalue weighted by Crippen LogP contribution is 2.37. The largest absolute Gasteiger partial charge is 0.493 e. The van der Waals surface area contributed by atoms with Gasteiger partial charge in [-0.05, 0) is 54.1 Å². The van der Waals surface area contributed by atoms with Crippen LogP contribution in [0.25, 0.3) is 5.57 Å². The number of hydrogen-bond donors (Lipinski definition) is 1. The van der Waals surface area contributed by atoms with E-state index in [-0.39, 0.29) is 11.3 Å². The molecule has 0 saturated heterocycles. The molecule has 1 aliphatic heterocycles. The molecule has 2 amide bonds. The fourth-order valence-corrected chi connectivity index (χ4v) is 3.49. The summed E-state index contributed by atoms with van der Waals surface area (Å²) in [6, 6.07) is 22.5. The number of imide groups is 1. The molecule has 0 fully saturated rings. The van der Waals surface area contributed by atoms with Gasteiger partial charge in [0, 0.05) is 5.69 Å². The monoisotopic (exact) mass is 425 g/mol. The maximum Gasteiger partial charge on any atom is 0.282 e. The number of nitrogens with zero attached hydrogens (tertiary/aromatic N) is 2. The first-order valence-corrected chi connectivity index (χ1v) is 9.75. The zero-order valence-corrected chi connectivity index (χ0v) is 17.5. The van der Waals surface area contributed by atoms with Gasteiger partial charge in [-0.1, -0.05) is 24.3 Å². The Morgan fingerprint density at radius 1 is 0.844 bits per heavy atom. The first-order valence-electron chi connectivity index (χ1n) is 9.75. The van der Waals surface area contributed by atoms with Crippen LogP contribution >= 0.6 is 0 Å². The number of hydrogen-bond acceptors (Lipinski definition) is 6. The summed E-state index contributed by atoms with van der Waals surface area (Å²) in [4.78, 5) is 28.0. The van der Waals surface area contributed by atoms with Crippen LogP contribution in [0.15, 0.2) is 78.5 Å². The summed E-state index contributed by atoms with van der Waals surface area (Å²) in [5.74, 6) is -0.0255. The first kappa shape index (κ1) is 20.7. The maximum absolute atomic E-state index is 13.5. The Hall–Kier alpha value is -4.57. The normalized spacial score (nSPS) is 13.2. The molecule has 158 valence electrons. The Balaban J connectivity index is 1.83. The SMILES string of the molecule is COc1ccc(C2=C(Nc3ccccc3)C(=O)N(c3ccc(C#N)cc3)C2=O)cc1OC. The summed E-state index contributed by atoms with van der Waals surface area (Å²) in [7, 11) is 3.03. The molecule has 0 atom stereocenters. The molecule has 4 rings (SSSR count). The van der Waals surface area contributed by atoms with Gasteiger partial charge in [-0.15, -0.1) is 0 Å². The fourth-order valence-electron chi connectivity index (χ4n) is 3.49. The summed E-state index contributed by atoms with van der Waals surface area (Å²) in [5.41, 5.74) is 2.35. The van der Waals surface area contributed by atoms with Crippen molar-refractivity contribution in [3.63, 3.8) is 0 Å². The van der Waals surface area contributed by atoms with Gasteiger partial charge >= 0.3 is 0 Å². The van der Waals surface area contributed by atoms with Crippen molar-refractivity contribution in [2.45, 2.75) is 0 Å². The molecule has 3 aromatic rings. The molecule has 0 spiro atoms. The summed E-state index contributed by atoms with van der Waals surface area (Å²) in [6.07, 6.45) is 0. The molecule has 0 unspecified atom stereocenters. The lowest BCUT2D eigenvalue weighted by Crippen LogP contribution is -2.32. The Morgan fingerprint density at radius 2 is 1.53 bits per heavy atom. The van der Waals surface area contributed by atoms with Crippen molar-refractivity contribution in [3.8, 4) is 17.6 Å². The summed E-state index contributed by atoms with van der Waals surface area (Å²) in [6.45, 7) is 0. The molecule has 0 aliphatic carbocycles. The third-order valence-electron chi connectivity index (χ3n) is 5.05. The molecule has 7 heteroatoms. The fraction of sp³-hybridized carbons (Fsp3) is 0.0800. The zero-order chi connectivity index (χ0) is 22.7. The molecular formula is C25H19N3O4. The minimum atomic E-state index is -0.492. The van der Waals surface area contributed by atoms with Crippen LogP contribution in [-0.2, 0) is 9.59 Å². The smallest absolute Gasteiger partial charge is 0.282 e. The van der Waals surface area contributed by atoms with E-state index in [0.29, 0.717) is 34.0 Å². The van der Waals surface area contributed by atoms with Crippen LogP contribution in [0.1, 0.15) is 11.1 Å². The number of nitriles is 1. The number of anilines is 2. The van der Waals surface area contributed by atoms with Crippen molar-refractivity contribution in [2.75, 3.05) is 24.4 Å². The molecular weight excluding hydrogens is 406 g/mol. The van der Waals surface area contributed by atoms with Crippen LogP contribution < -0.4 is 19.7 Å². The van der Waals surface area contributed by atoms with E-state index in [9.17, 15) is 9.59 Å². The van der Waals surface area contributed by atoms with E-state index in [1.807, 2.05) is 24.3 Å². The predicted molar refractivity (Wildman–Crippen MR) is 120 cm³/mol. The third kappa shape index (κ3) is 3.66. The number of carbonyl (C=O) groups is 2. The van der Waals surface area contributed by atoms with Crippen LogP contribution in [-0.4, -0.2) is 26.0 Å². The number of methoxy groups -OCH3 is 2. The van der Waals surface area contributed by atoms with Crippen molar-refractivity contribution in [2.24, 2.45) is 0 Å². The van der Waals surface area contributed by atoms with Gasteiger partial charge < -0.3 is 14.8 Å². The van der Waals surface area contributed by atoms with E-state index in [4.69, 9.17) is 14.7 Å². The molecule has 7 nitrogen and oxygen atoms in total. The second-order valence-corrected chi connectivity index (χ2v) is 6.92. The van der Waals surface area contributed by atoms with E-state index in [1.54, 1.807) is 54.6 Å². The minimum Gasteiger partial charge on any atom is -0.493 e. The van der Waals surface area contributed by atoms with Crippen LogP contribution in [0.2, 0.25) is 0 Å². The van der Waals surface area contributed by atoms with E-state index in [0.717, 1.165) is 4.90 Å². The van der Waals surface area contributed by atoms with Crippen molar-refractivity contribution in [1.82, 2.24) is 0 Å². The molecule has 1 heterocycles. The Morgan fingerprint density at radius 3 is 2.16 bits per heavy atom. The maximum atomic E-state index is 13.5. The number of ether oxygens (including phenoxy) is 2. The highest BCUT2D eigenvalue weighted by atomic mass is 16.5. The van der Waals surface area contributed by atoms with Crippen molar-refractivity contribution in [1.29, 1.82) is 5.26 Å². The van der Waals surface area contributed by atoms with Gasteiger partial charge in [0.2, 0.25) is 0 Å². The average Bonchev–Trinajstić information content (AvgIpc) is 3.08. The number of rotatable bonds is 6. The topological polar surface area (TPSA) is 91.7 Å². The van der Waals surface area contributed by atoms with Crippen LogP contribution in [0.3, 0.4) is 0 Å². The second kappa shape index (κ2) is 8.66. The molecule has 0 aromatic heterocycles. The van der Waals surface area contributed by atoms with E-state index in [1.165, 1.54) is 14.2 Å². The van der Waals surface area contributed by atoms with E-state index >= 15 is 0 Å². The summed E-state index contributed by atoms with van der Waals surface area (Å²) < 4.78 is 10.7. The quantitative estimate of drug-likeness (QED) is 0.601. The number of nitrogens with one attached hydrogen (secondary N) is 1. The lowest BCUT2D eigenvalue weighted by atomic mass is 10.0. The average molecular weight is 425 g/mol. The third-order valence-corrected chi connectivity index (χ3v) is 5.05. The van der Waals surface area contributed by atoms with Gasteiger partial charge in [0.1, 0.15) is 5.70 Å². The van der Waals surface area contributed by atoms with Gasteiger partial charge in [0.25, 0.3) is 11.8 Å². The summed E-state index contributed by atoms with van der Waals surface area (Å²) in [5, 5.41) is 12.2. The van der Waals surface area contributed by atoms with Crippen LogP contribution in [0.5, 0.6) is 11.5 Å². The Kier molecular flexibility index (Phi) is 5.60. The van der Waals surface area contributed by atoms with E-state index in [2.05, 4.69) is 5.32 Å². The zero-order valence-electron chi connectivity index (χ0n) is 17.5. The first-order chi connectivity index (χ1) is 15.6. The standard InChI is InChI=1S/C25H19N3O4/c1-31-20-13-10-17(14-21(20)32-2)22-23(27-18-6-4-3-5-7-18)25(30)28(24(22)29)19-11-8-16(15-26)9-12-19/h3-14,27H,1-2H3. The molecule has 0 radical (unpaired) electrons.